The van der Waals surface area contributed by atoms with E-state index in [0.29, 0.717) is 54.2 Å². The second-order valence-corrected chi connectivity index (χ2v) is 11.1. The van der Waals surface area contributed by atoms with Gasteiger partial charge in [0.1, 0.15) is 54.2 Å². The first-order valence-electron chi connectivity index (χ1n) is 16.0. The summed E-state index contributed by atoms with van der Waals surface area (Å²) in [5.74, 6) is 3.30. The Hall–Kier alpha value is -4.78. The average Bonchev–Trinajstić information content (AvgIpc) is 3.96. The van der Waals surface area contributed by atoms with E-state index in [1.165, 1.54) is 0 Å². The fraction of sp³-hybridized carbons (Fsp3) is 0.286. The van der Waals surface area contributed by atoms with Gasteiger partial charge in [-0.1, -0.05) is 83.4 Å². The zero-order valence-electron chi connectivity index (χ0n) is 29.4. The lowest BCUT2D eigenvalue weighted by Crippen LogP contribution is -2.00. The van der Waals surface area contributed by atoms with E-state index in [2.05, 4.69) is 59.1 Å². The Kier molecular flexibility index (Phi) is 16.8. The topological polar surface area (TPSA) is 62.0 Å². The van der Waals surface area contributed by atoms with E-state index in [9.17, 15) is 0 Å². The molecular weight excluding hydrogens is 600 g/mol. The maximum atomic E-state index is 6.14. The SMILES string of the molecule is C=CC(=C)C(=C\C(=C)O/C(C)=C/C(=C/C(=C)O/C(C)=C/C(=C/C(=C)OCC1CO1)C(/C=C)=C\CC)C(/C=C)=C\C)/C=C(\C)OCC1CO1. The maximum Gasteiger partial charge on any atom is 0.120 e. The first-order chi connectivity index (χ1) is 22.9. The highest BCUT2D eigenvalue weighted by molar-refractivity contribution is 5.51. The van der Waals surface area contributed by atoms with Crippen LogP contribution in [0.1, 0.15) is 41.0 Å². The van der Waals surface area contributed by atoms with Crippen molar-refractivity contribution >= 4 is 0 Å². The normalized spacial score (nSPS) is 19.2. The Morgan fingerprint density at radius 3 is 1.52 bits per heavy atom. The van der Waals surface area contributed by atoms with E-state index < -0.39 is 0 Å². The predicted octanol–water partition coefficient (Wildman–Crippen LogP) is 10.3. The number of rotatable bonds is 23. The van der Waals surface area contributed by atoms with Crippen molar-refractivity contribution in [3.63, 3.8) is 0 Å². The van der Waals surface area contributed by atoms with Crippen LogP contribution in [0.4, 0.5) is 0 Å². The van der Waals surface area contributed by atoms with Gasteiger partial charge in [0.2, 0.25) is 0 Å². The smallest absolute Gasteiger partial charge is 0.120 e. The van der Waals surface area contributed by atoms with E-state index >= 15 is 0 Å². The minimum atomic E-state index is 0.137. The van der Waals surface area contributed by atoms with E-state index in [1.807, 2.05) is 64.2 Å². The number of ether oxygens (including phenoxy) is 6. The molecule has 256 valence electrons. The van der Waals surface area contributed by atoms with Crippen LogP contribution >= 0.6 is 0 Å². The van der Waals surface area contributed by atoms with E-state index in [-0.39, 0.29) is 12.2 Å². The van der Waals surface area contributed by atoms with Gasteiger partial charge in [-0.05, 0) is 104 Å². The molecule has 2 saturated heterocycles. The molecule has 6 heteroatoms. The molecule has 2 aliphatic heterocycles. The summed E-state index contributed by atoms with van der Waals surface area (Å²) in [4.78, 5) is 0. The third-order valence-electron chi connectivity index (χ3n) is 6.82. The zero-order chi connectivity index (χ0) is 35.6. The fourth-order valence-electron chi connectivity index (χ4n) is 4.25. The van der Waals surface area contributed by atoms with Crippen molar-refractivity contribution in [1.82, 2.24) is 0 Å². The van der Waals surface area contributed by atoms with Gasteiger partial charge in [0, 0.05) is 0 Å². The van der Waals surface area contributed by atoms with Gasteiger partial charge in [-0.15, -0.1) is 0 Å². The number of hydrogen-bond donors (Lipinski definition) is 0. The van der Waals surface area contributed by atoms with Crippen molar-refractivity contribution in [1.29, 1.82) is 0 Å². The van der Waals surface area contributed by atoms with Crippen molar-refractivity contribution < 1.29 is 28.4 Å². The lowest BCUT2D eigenvalue weighted by Gasteiger charge is -2.13. The molecule has 0 N–H and O–H groups in total. The molecule has 0 spiro atoms. The predicted molar refractivity (Wildman–Crippen MR) is 198 cm³/mol. The first kappa shape index (κ1) is 39.4. The van der Waals surface area contributed by atoms with Crippen molar-refractivity contribution in [2.45, 2.75) is 53.2 Å². The minimum absolute atomic E-state index is 0.137. The van der Waals surface area contributed by atoms with Gasteiger partial charge in [-0.25, -0.2) is 0 Å². The monoisotopic (exact) mass is 652 g/mol. The third kappa shape index (κ3) is 15.2. The zero-order valence-corrected chi connectivity index (χ0v) is 29.4. The van der Waals surface area contributed by atoms with E-state index in [4.69, 9.17) is 28.4 Å². The summed E-state index contributed by atoms with van der Waals surface area (Å²) in [5.41, 5.74) is 4.93. The van der Waals surface area contributed by atoms with Gasteiger partial charge in [-0.2, -0.15) is 0 Å². The number of allylic oxidation sites excluding steroid dienone is 20. The first-order valence-corrected chi connectivity index (χ1v) is 16.0. The van der Waals surface area contributed by atoms with Gasteiger partial charge < -0.3 is 28.4 Å². The molecule has 0 aliphatic carbocycles. The van der Waals surface area contributed by atoms with Crippen molar-refractivity contribution in [2.75, 3.05) is 26.4 Å². The maximum absolute atomic E-state index is 6.14. The Bertz CT molecular complexity index is 1510. The van der Waals surface area contributed by atoms with Crippen molar-refractivity contribution in [2.24, 2.45) is 0 Å². The van der Waals surface area contributed by atoms with Crippen LogP contribution in [0.25, 0.3) is 0 Å². The molecule has 0 aromatic heterocycles. The van der Waals surface area contributed by atoms with Crippen LogP contribution in [0.2, 0.25) is 0 Å². The molecule has 2 heterocycles. The van der Waals surface area contributed by atoms with E-state index in [0.717, 1.165) is 46.7 Å². The van der Waals surface area contributed by atoms with Crippen LogP contribution in [0.5, 0.6) is 0 Å². The second-order valence-electron chi connectivity index (χ2n) is 11.1. The number of hydrogen-bond acceptors (Lipinski definition) is 6. The Morgan fingerprint density at radius 2 is 1.06 bits per heavy atom. The highest BCUT2D eigenvalue weighted by Gasteiger charge is 2.23. The van der Waals surface area contributed by atoms with Crippen LogP contribution in [0.15, 0.2) is 181 Å². The lowest BCUT2D eigenvalue weighted by atomic mass is 10.0. The molecule has 0 bridgehead atoms. The summed E-state index contributed by atoms with van der Waals surface area (Å²) >= 11 is 0. The van der Waals surface area contributed by atoms with Gasteiger partial charge >= 0.3 is 0 Å². The molecule has 0 amide bonds. The van der Waals surface area contributed by atoms with Crippen LogP contribution < -0.4 is 0 Å². The average molecular weight is 653 g/mol. The van der Waals surface area contributed by atoms with E-state index in [1.54, 1.807) is 24.3 Å². The molecule has 0 radical (unpaired) electrons. The number of epoxide rings is 2. The second kappa shape index (κ2) is 20.5. The molecule has 2 rings (SSSR count). The molecule has 48 heavy (non-hydrogen) atoms. The lowest BCUT2D eigenvalue weighted by molar-refractivity contribution is 0.184. The molecule has 2 fully saturated rings. The summed E-state index contributed by atoms with van der Waals surface area (Å²) in [7, 11) is 0. The molecule has 2 atom stereocenters. The standard InChI is InChI=1S/C42H52O6/c1-13-18-37(17-5)40(20-31(8)44-26-42-28-46-42)24-35(12)48-34(11)23-39(36(15-3)16-4)22-33(10)47-32(9)21-38(29(6)14-2)19-30(7)43-25-41-27-45-41/h14-24,41-42H,2-3,5-6,8-9,11,13,25-28H2,1,4,7,10,12H3/b30-19+,33-22+,35-24+,36-16-,37-18-,38-21-,39-23-,40-20-. The van der Waals surface area contributed by atoms with Gasteiger partial charge in [0.25, 0.3) is 0 Å². The Labute approximate surface area is 288 Å². The molecule has 0 saturated carbocycles. The molecular formula is C42H52O6. The largest absolute Gasteiger partial charge is 0.495 e. The Morgan fingerprint density at radius 1 is 0.604 bits per heavy atom. The van der Waals surface area contributed by atoms with Crippen molar-refractivity contribution in [3.8, 4) is 0 Å². The van der Waals surface area contributed by atoms with Gasteiger partial charge in [0.05, 0.1) is 19.0 Å². The summed E-state index contributed by atoms with van der Waals surface area (Å²) in [5, 5.41) is 0. The fourth-order valence-corrected chi connectivity index (χ4v) is 4.25. The quantitative estimate of drug-likeness (QED) is 0.0622. The Balaban J connectivity index is 2.28. The minimum Gasteiger partial charge on any atom is -0.495 e. The van der Waals surface area contributed by atoms with Crippen molar-refractivity contribution in [3.05, 3.63) is 181 Å². The third-order valence-corrected chi connectivity index (χ3v) is 6.82. The van der Waals surface area contributed by atoms with Gasteiger partial charge in [-0.3, -0.25) is 0 Å². The van der Waals surface area contributed by atoms with Crippen LogP contribution in [0.3, 0.4) is 0 Å². The molecule has 2 aliphatic rings. The molecule has 6 nitrogen and oxygen atoms in total. The van der Waals surface area contributed by atoms with Crippen LogP contribution in [-0.4, -0.2) is 38.6 Å². The highest BCUT2D eigenvalue weighted by atomic mass is 16.6. The molecule has 0 aromatic rings. The van der Waals surface area contributed by atoms with Gasteiger partial charge in [0.15, 0.2) is 0 Å². The summed E-state index contributed by atoms with van der Waals surface area (Å²) in [6, 6.07) is 0. The molecule has 2 unspecified atom stereocenters. The van der Waals surface area contributed by atoms with Crippen LogP contribution in [-0.2, 0) is 28.4 Å². The summed E-state index contributed by atoms with van der Waals surface area (Å²) in [6.07, 6.45) is 21.5. The molecule has 0 aromatic carbocycles. The van der Waals surface area contributed by atoms with Crippen LogP contribution in [0, 0.1) is 0 Å². The highest BCUT2D eigenvalue weighted by Crippen LogP contribution is 2.24. The summed E-state index contributed by atoms with van der Waals surface area (Å²) in [6.45, 7) is 40.2. The summed E-state index contributed by atoms with van der Waals surface area (Å²) < 4.78 is 34.2.